The molecule has 0 fully saturated rings. The zero-order valence-corrected chi connectivity index (χ0v) is 25.5. The van der Waals surface area contributed by atoms with Crippen molar-refractivity contribution in [1.29, 1.82) is 0 Å². The van der Waals surface area contributed by atoms with Crippen LogP contribution in [0.2, 0.25) is 0 Å². The van der Waals surface area contributed by atoms with E-state index >= 15 is 0 Å². The minimum atomic E-state index is 0. The van der Waals surface area contributed by atoms with Crippen LogP contribution in [-0.4, -0.2) is 9.97 Å². The summed E-state index contributed by atoms with van der Waals surface area (Å²) < 4.78 is 5.72. The molecule has 184 valence electrons. The van der Waals surface area contributed by atoms with Crippen LogP contribution in [0.1, 0.15) is 5.56 Å². The number of aromatic nitrogens is 2. The topological polar surface area (TPSA) is 35.0 Å². The number of hydrogen-bond donors (Lipinski definition) is 0. The van der Waals surface area contributed by atoms with Crippen LogP contribution in [-0.2, 0) is 59.4 Å². The summed E-state index contributed by atoms with van der Waals surface area (Å²) in [5, 5.41) is 2.38. The summed E-state index contributed by atoms with van der Waals surface area (Å²) in [5.41, 5.74) is 6.81. The predicted molar refractivity (Wildman–Crippen MR) is 142 cm³/mol. The van der Waals surface area contributed by atoms with E-state index in [0.29, 0.717) is 6.61 Å². The SMILES string of the molecule is [Ir].[Y].[c-]1ccccc1-c1[c-]c2c([c-]c1)-c1ncccc1OC2.[c-]1ccccc1-c1cc2ccccc2cn1. The van der Waals surface area contributed by atoms with Crippen molar-refractivity contribution in [3.63, 3.8) is 0 Å². The fourth-order valence-electron chi connectivity index (χ4n) is 4.15. The average molecular weight is 742 g/mol. The van der Waals surface area contributed by atoms with E-state index in [9.17, 15) is 0 Å². The summed E-state index contributed by atoms with van der Waals surface area (Å²) >= 11 is 0. The summed E-state index contributed by atoms with van der Waals surface area (Å²) in [6.45, 7) is 0.505. The van der Waals surface area contributed by atoms with Crippen LogP contribution in [0, 0.1) is 24.3 Å². The van der Waals surface area contributed by atoms with Crippen molar-refractivity contribution in [2.45, 2.75) is 6.61 Å². The molecule has 2 radical (unpaired) electrons. The van der Waals surface area contributed by atoms with Crippen LogP contribution in [0.5, 0.6) is 5.75 Å². The van der Waals surface area contributed by atoms with Crippen molar-refractivity contribution in [1.82, 2.24) is 9.97 Å². The Morgan fingerprint density at radius 1 is 0.711 bits per heavy atom. The van der Waals surface area contributed by atoms with Crippen LogP contribution < -0.4 is 4.74 Å². The molecule has 2 aromatic heterocycles. The van der Waals surface area contributed by atoms with Crippen molar-refractivity contribution in [3.05, 3.63) is 139 Å². The van der Waals surface area contributed by atoms with Crippen molar-refractivity contribution >= 4 is 10.8 Å². The van der Waals surface area contributed by atoms with E-state index in [1.807, 2.05) is 85.1 Å². The monoisotopic (exact) mass is 742 g/mol. The van der Waals surface area contributed by atoms with Crippen molar-refractivity contribution in [3.8, 4) is 39.4 Å². The maximum Gasteiger partial charge on any atom is 0.0937 e. The zero-order valence-electron chi connectivity index (χ0n) is 20.3. The molecule has 0 amide bonds. The van der Waals surface area contributed by atoms with E-state index in [1.54, 1.807) is 6.20 Å². The Kier molecular flexibility index (Phi) is 9.71. The van der Waals surface area contributed by atoms with Gasteiger partial charge in [-0.05, 0) is 34.3 Å². The standard InChI is InChI=1S/C18H10NO.C15H10N.Ir.Y/c1-2-5-13(6-3-1)14-8-9-16-15(11-14)12-20-17-7-4-10-19-18(16)17;1-2-6-12(7-3-1)15-10-13-8-4-5-9-14(13)11-16-15;;/h1-5,7-8,10H,12H2;1-6,8-11H;;/q-3;-1;;. The number of rotatable bonds is 2. The van der Waals surface area contributed by atoms with Gasteiger partial charge in [0.15, 0.2) is 0 Å². The number of pyridine rings is 2. The Morgan fingerprint density at radius 2 is 1.45 bits per heavy atom. The van der Waals surface area contributed by atoms with Crippen molar-refractivity contribution in [2.24, 2.45) is 0 Å². The number of fused-ring (bicyclic) bond motifs is 4. The second-order valence-electron chi connectivity index (χ2n) is 8.29. The van der Waals surface area contributed by atoms with E-state index < -0.39 is 0 Å². The minimum Gasteiger partial charge on any atom is -0.508 e. The van der Waals surface area contributed by atoms with Gasteiger partial charge in [0.1, 0.15) is 0 Å². The summed E-state index contributed by atoms with van der Waals surface area (Å²) in [7, 11) is 0. The van der Waals surface area contributed by atoms with E-state index in [0.717, 1.165) is 45.0 Å². The Hall–Kier alpha value is -3.01. The summed E-state index contributed by atoms with van der Waals surface area (Å²) in [6, 6.07) is 44.9. The van der Waals surface area contributed by atoms with Gasteiger partial charge in [-0.3, -0.25) is 0 Å². The Bertz CT molecular complexity index is 1640. The number of hydrogen-bond acceptors (Lipinski definition) is 3. The maximum absolute atomic E-state index is 5.72. The van der Waals surface area contributed by atoms with Crippen LogP contribution in [0.25, 0.3) is 44.4 Å². The largest absolute Gasteiger partial charge is 0.508 e. The molecule has 0 unspecified atom stereocenters. The molecule has 5 heteroatoms. The van der Waals surface area contributed by atoms with Crippen LogP contribution in [0.4, 0.5) is 0 Å². The fourth-order valence-corrected chi connectivity index (χ4v) is 4.15. The number of nitrogens with zero attached hydrogens (tertiary/aromatic N) is 2. The average Bonchev–Trinajstić information content (AvgIpc) is 2.98. The molecule has 0 saturated heterocycles. The van der Waals surface area contributed by atoms with E-state index in [2.05, 4.69) is 52.4 Å². The van der Waals surface area contributed by atoms with Gasteiger partial charge in [-0.15, -0.1) is 42.0 Å². The van der Waals surface area contributed by atoms with Crippen LogP contribution in [0.3, 0.4) is 0 Å². The third-order valence-electron chi connectivity index (χ3n) is 5.94. The molecular formula is C33H20IrN2OY-4. The third-order valence-corrected chi connectivity index (χ3v) is 5.94. The molecule has 0 atom stereocenters. The summed E-state index contributed by atoms with van der Waals surface area (Å²) in [5.74, 6) is 0.809. The molecule has 4 aromatic carbocycles. The Morgan fingerprint density at radius 3 is 2.21 bits per heavy atom. The normalized spacial score (nSPS) is 10.8. The molecule has 3 nitrogen and oxygen atoms in total. The smallest absolute Gasteiger partial charge is 0.0937 e. The molecule has 0 saturated carbocycles. The van der Waals surface area contributed by atoms with Crippen LogP contribution >= 0.6 is 0 Å². The third kappa shape index (κ3) is 6.17. The van der Waals surface area contributed by atoms with Gasteiger partial charge in [0, 0.05) is 65.2 Å². The van der Waals surface area contributed by atoms with E-state index in [1.165, 1.54) is 10.8 Å². The summed E-state index contributed by atoms with van der Waals surface area (Å²) in [4.78, 5) is 8.82. The van der Waals surface area contributed by atoms with Gasteiger partial charge in [0.05, 0.1) is 12.4 Å². The van der Waals surface area contributed by atoms with Gasteiger partial charge in [0.2, 0.25) is 0 Å². The molecule has 6 aromatic rings. The van der Waals surface area contributed by atoms with Gasteiger partial charge in [0.25, 0.3) is 0 Å². The molecule has 7 rings (SSSR count). The molecular weight excluding hydrogens is 721 g/mol. The predicted octanol–water partition coefficient (Wildman–Crippen LogP) is 7.41. The molecule has 0 spiro atoms. The van der Waals surface area contributed by atoms with Gasteiger partial charge in [-0.1, -0.05) is 30.3 Å². The first-order valence-corrected chi connectivity index (χ1v) is 11.7. The van der Waals surface area contributed by atoms with Gasteiger partial charge in [-0.2, -0.15) is 35.4 Å². The van der Waals surface area contributed by atoms with Crippen molar-refractivity contribution in [2.75, 3.05) is 0 Å². The van der Waals surface area contributed by atoms with Gasteiger partial charge < -0.3 is 14.7 Å². The quantitative estimate of drug-likeness (QED) is 0.174. The van der Waals surface area contributed by atoms with Crippen LogP contribution in [0.15, 0.2) is 109 Å². The van der Waals surface area contributed by atoms with Crippen molar-refractivity contribution < 1.29 is 57.6 Å². The molecule has 0 bridgehead atoms. The summed E-state index contributed by atoms with van der Waals surface area (Å²) in [6.07, 6.45) is 3.68. The number of benzene rings is 4. The Balaban J connectivity index is 0.000000172. The first-order chi connectivity index (χ1) is 17.8. The fraction of sp³-hybridized carbons (Fsp3) is 0.0303. The molecule has 38 heavy (non-hydrogen) atoms. The minimum absolute atomic E-state index is 0. The number of ether oxygens (including phenoxy) is 1. The zero-order chi connectivity index (χ0) is 24.2. The first-order valence-electron chi connectivity index (χ1n) is 11.7. The molecule has 0 N–H and O–H groups in total. The van der Waals surface area contributed by atoms with Gasteiger partial charge in [-0.25, -0.2) is 29.3 Å². The van der Waals surface area contributed by atoms with E-state index in [4.69, 9.17) is 4.74 Å². The molecule has 3 heterocycles. The molecule has 1 aliphatic rings. The molecule has 0 aliphatic carbocycles. The van der Waals surface area contributed by atoms with Gasteiger partial charge >= 0.3 is 0 Å². The Labute approximate surface area is 261 Å². The second-order valence-corrected chi connectivity index (χ2v) is 8.29. The maximum atomic E-state index is 5.72. The first kappa shape index (κ1) is 28.0. The van der Waals surface area contributed by atoms with E-state index in [-0.39, 0.29) is 52.8 Å². The molecule has 1 aliphatic heterocycles. The second kappa shape index (κ2) is 13.2.